The van der Waals surface area contributed by atoms with Crippen LogP contribution in [0, 0.1) is 0 Å². The summed E-state index contributed by atoms with van der Waals surface area (Å²) in [7, 11) is 0. The van der Waals surface area contributed by atoms with E-state index in [0.717, 1.165) is 12.0 Å². The van der Waals surface area contributed by atoms with Crippen LogP contribution >= 0.6 is 0 Å². The lowest BCUT2D eigenvalue weighted by atomic mass is 10.1. The summed E-state index contributed by atoms with van der Waals surface area (Å²) in [5.74, 6) is 0.355. The fraction of sp³-hybridized carbons (Fsp3) is 0.273. The largest absolute Gasteiger partial charge is 0.465 e. The Morgan fingerprint density at radius 2 is 2.17 bits per heavy atom. The lowest BCUT2D eigenvalue weighted by Crippen LogP contribution is -2.28. The van der Waals surface area contributed by atoms with E-state index in [1.807, 2.05) is 30.3 Å². The second-order valence-corrected chi connectivity index (χ2v) is 3.80. The maximum atomic E-state index is 10.7. The molecule has 0 aliphatic heterocycles. The molecule has 2 rings (SSSR count). The topological polar surface area (TPSA) is 104 Å². The number of nitrogens with zero attached hydrogens (tertiary/aromatic N) is 3. The molecular weight excluding hydrogens is 234 g/mol. The van der Waals surface area contributed by atoms with E-state index in [0.29, 0.717) is 12.2 Å². The predicted octanol–water partition coefficient (Wildman–Crippen LogP) is 1.14. The molecule has 0 aliphatic carbocycles. The molecule has 1 aromatic heterocycles. The molecule has 0 bridgehead atoms. The first-order valence-corrected chi connectivity index (χ1v) is 5.52. The number of hydrogen-bond donors (Lipinski definition) is 3. The molecule has 2 aromatic rings. The van der Waals surface area contributed by atoms with Crippen molar-refractivity contribution in [2.24, 2.45) is 0 Å². The number of carbonyl (C=O) groups is 1. The van der Waals surface area contributed by atoms with E-state index < -0.39 is 12.1 Å². The molecule has 3 N–H and O–H groups in total. The molecule has 7 heteroatoms. The maximum absolute atomic E-state index is 10.7. The van der Waals surface area contributed by atoms with Crippen LogP contribution in [0.3, 0.4) is 0 Å². The molecule has 0 aliphatic rings. The van der Waals surface area contributed by atoms with E-state index in [9.17, 15) is 4.79 Å². The van der Waals surface area contributed by atoms with E-state index in [1.165, 1.54) is 0 Å². The van der Waals surface area contributed by atoms with Crippen LogP contribution < -0.4 is 5.32 Å². The molecule has 1 heterocycles. The molecule has 0 spiro atoms. The Labute approximate surface area is 103 Å². The molecule has 0 radical (unpaired) electrons. The van der Waals surface area contributed by atoms with Crippen molar-refractivity contribution in [1.82, 2.24) is 25.9 Å². The number of benzene rings is 1. The van der Waals surface area contributed by atoms with Gasteiger partial charge in [0.2, 0.25) is 0 Å². The number of aromatic amines is 1. The van der Waals surface area contributed by atoms with Gasteiger partial charge in [0.15, 0.2) is 5.82 Å². The Bertz CT molecular complexity index is 485. The smallest absolute Gasteiger partial charge is 0.405 e. The highest BCUT2D eigenvalue weighted by Gasteiger charge is 2.18. The Balaban J connectivity index is 2.00. The van der Waals surface area contributed by atoms with Crippen molar-refractivity contribution in [2.45, 2.75) is 18.9 Å². The van der Waals surface area contributed by atoms with Crippen LogP contribution in [-0.2, 0) is 6.42 Å². The molecule has 0 saturated heterocycles. The molecule has 0 saturated carbocycles. The summed E-state index contributed by atoms with van der Waals surface area (Å²) >= 11 is 0. The second-order valence-electron chi connectivity index (χ2n) is 3.80. The van der Waals surface area contributed by atoms with Crippen LogP contribution in [0.15, 0.2) is 30.3 Å². The van der Waals surface area contributed by atoms with Gasteiger partial charge in [0.05, 0.1) is 6.04 Å². The lowest BCUT2D eigenvalue weighted by molar-refractivity contribution is 0.188. The number of H-pyrrole nitrogens is 1. The molecule has 18 heavy (non-hydrogen) atoms. The van der Waals surface area contributed by atoms with Gasteiger partial charge in [0, 0.05) is 0 Å². The number of nitrogens with one attached hydrogen (secondary N) is 2. The van der Waals surface area contributed by atoms with Gasteiger partial charge in [-0.15, -0.1) is 10.2 Å². The van der Waals surface area contributed by atoms with Crippen molar-refractivity contribution in [3.05, 3.63) is 41.7 Å². The number of aromatic nitrogens is 4. The fourth-order valence-corrected chi connectivity index (χ4v) is 1.69. The van der Waals surface area contributed by atoms with Crippen LogP contribution in [0.5, 0.6) is 0 Å². The minimum atomic E-state index is -1.10. The summed E-state index contributed by atoms with van der Waals surface area (Å²) in [5, 5.41) is 24.5. The van der Waals surface area contributed by atoms with Crippen molar-refractivity contribution >= 4 is 6.09 Å². The van der Waals surface area contributed by atoms with Gasteiger partial charge in [-0.3, -0.25) is 0 Å². The van der Waals surface area contributed by atoms with Gasteiger partial charge in [-0.1, -0.05) is 35.5 Å². The van der Waals surface area contributed by atoms with Crippen molar-refractivity contribution < 1.29 is 9.90 Å². The lowest BCUT2D eigenvalue weighted by Gasteiger charge is -2.12. The third-order valence-corrected chi connectivity index (χ3v) is 2.54. The normalized spacial score (nSPS) is 12.0. The van der Waals surface area contributed by atoms with Crippen molar-refractivity contribution in [1.29, 1.82) is 0 Å². The maximum Gasteiger partial charge on any atom is 0.405 e. The number of aryl methyl sites for hydroxylation is 1. The van der Waals surface area contributed by atoms with Gasteiger partial charge in [0.1, 0.15) is 0 Å². The van der Waals surface area contributed by atoms with Gasteiger partial charge >= 0.3 is 6.09 Å². The zero-order chi connectivity index (χ0) is 12.8. The summed E-state index contributed by atoms with van der Waals surface area (Å²) < 4.78 is 0. The van der Waals surface area contributed by atoms with Gasteiger partial charge in [-0.25, -0.2) is 4.79 Å². The summed E-state index contributed by atoms with van der Waals surface area (Å²) in [6.45, 7) is 0. The Morgan fingerprint density at radius 3 is 2.78 bits per heavy atom. The summed E-state index contributed by atoms with van der Waals surface area (Å²) in [4.78, 5) is 10.7. The van der Waals surface area contributed by atoms with Crippen molar-refractivity contribution in [3.8, 4) is 0 Å². The minimum Gasteiger partial charge on any atom is -0.465 e. The van der Waals surface area contributed by atoms with Crippen molar-refractivity contribution in [3.63, 3.8) is 0 Å². The monoisotopic (exact) mass is 247 g/mol. The molecule has 1 atom stereocenters. The van der Waals surface area contributed by atoms with Crippen LogP contribution in [0.25, 0.3) is 0 Å². The molecule has 0 fully saturated rings. The number of tetrazole rings is 1. The SMILES string of the molecule is O=C(O)NC(CCc1ccccc1)c1nn[nH]n1. The standard InChI is InChI=1S/C11H13N5O2/c17-11(18)12-9(10-13-15-16-14-10)7-6-8-4-2-1-3-5-8/h1-5,9,12H,6-7H2,(H,17,18)(H,13,14,15,16). The molecule has 1 amide bonds. The third-order valence-electron chi connectivity index (χ3n) is 2.54. The third kappa shape index (κ3) is 3.27. The first-order valence-electron chi connectivity index (χ1n) is 5.52. The summed E-state index contributed by atoms with van der Waals surface area (Å²) in [6, 6.07) is 9.37. The molecular formula is C11H13N5O2. The number of hydrogen-bond acceptors (Lipinski definition) is 4. The second kappa shape index (κ2) is 5.76. The number of amides is 1. The zero-order valence-electron chi connectivity index (χ0n) is 9.58. The van der Waals surface area contributed by atoms with Crippen LogP contribution in [0.2, 0.25) is 0 Å². The Kier molecular flexibility index (Phi) is 3.85. The first-order chi connectivity index (χ1) is 8.75. The van der Waals surface area contributed by atoms with E-state index in [2.05, 4.69) is 25.9 Å². The highest BCUT2D eigenvalue weighted by Crippen LogP contribution is 2.14. The fourth-order valence-electron chi connectivity index (χ4n) is 1.69. The van der Waals surface area contributed by atoms with Crippen molar-refractivity contribution in [2.75, 3.05) is 0 Å². The molecule has 94 valence electrons. The Hall–Kier alpha value is -2.44. The zero-order valence-corrected chi connectivity index (χ0v) is 9.58. The average Bonchev–Trinajstić information content (AvgIpc) is 2.89. The van der Waals surface area contributed by atoms with Gasteiger partial charge in [-0.05, 0) is 18.4 Å². The van der Waals surface area contributed by atoms with Gasteiger partial charge < -0.3 is 10.4 Å². The van der Waals surface area contributed by atoms with E-state index in [-0.39, 0.29) is 0 Å². The quantitative estimate of drug-likeness (QED) is 0.735. The minimum absolute atomic E-state index is 0.355. The summed E-state index contributed by atoms with van der Waals surface area (Å²) in [5.41, 5.74) is 1.14. The summed E-state index contributed by atoms with van der Waals surface area (Å²) in [6.07, 6.45) is 0.216. The number of rotatable bonds is 5. The average molecular weight is 247 g/mol. The predicted molar refractivity (Wildman–Crippen MR) is 62.8 cm³/mol. The number of carboxylic acid groups (broad SMARTS) is 1. The van der Waals surface area contributed by atoms with Crippen LogP contribution in [0.1, 0.15) is 23.9 Å². The van der Waals surface area contributed by atoms with Gasteiger partial charge in [-0.2, -0.15) is 5.21 Å². The molecule has 1 unspecified atom stereocenters. The highest BCUT2D eigenvalue weighted by atomic mass is 16.4. The van der Waals surface area contributed by atoms with E-state index in [1.54, 1.807) is 0 Å². The van der Waals surface area contributed by atoms with E-state index in [4.69, 9.17) is 5.11 Å². The highest BCUT2D eigenvalue weighted by molar-refractivity contribution is 5.64. The van der Waals surface area contributed by atoms with Gasteiger partial charge in [0.25, 0.3) is 0 Å². The van der Waals surface area contributed by atoms with Crippen LogP contribution in [-0.4, -0.2) is 31.8 Å². The molecule has 7 nitrogen and oxygen atoms in total. The first kappa shape index (κ1) is 12.0. The molecule has 1 aromatic carbocycles. The van der Waals surface area contributed by atoms with E-state index >= 15 is 0 Å². The van der Waals surface area contributed by atoms with Crippen LogP contribution in [0.4, 0.5) is 4.79 Å². The Morgan fingerprint density at radius 1 is 1.39 bits per heavy atom.